The Bertz CT molecular complexity index is 639. The number of nitrogen functional groups attached to an aromatic ring is 1. The van der Waals surface area contributed by atoms with E-state index in [4.69, 9.17) is 5.73 Å². The molecule has 2 aliphatic heterocycles. The molecule has 3 heterocycles. The van der Waals surface area contributed by atoms with Crippen molar-refractivity contribution in [2.24, 2.45) is 0 Å². The molecule has 2 fully saturated rings. The molecule has 2 saturated heterocycles. The van der Waals surface area contributed by atoms with Gasteiger partial charge in [0, 0.05) is 24.0 Å². The number of fused-ring (bicyclic) bond motifs is 2. The number of hydrogen-bond donors (Lipinski definition) is 2. The van der Waals surface area contributed by atoms with Gasteiger partial charge in [0.15, 0.2) is 0 Å². The van der Waals surface area contributed by atoms with Crippen LogP contribution in [0.25, 0.3) is 10.9 Å². The summed E-state index contributed by atoms with van der Waals surface area (Å²) in [7, 11) is 0. The van der Waals surface area contributed by atoms with E-state index in [1.165, 1.54) is 32.4 Å². The molecule has 0 spiro atoms. The molecule has 0 radical (unpaired) electrons. The monoisotopic (exact) mass is 268 g/mol. The Labute approximate surface area is 119 Å². The SMILES string of the molecule is Nc1cnc2ccccc2c1NC1CCN2CCCC12. The van der Waals surface area contributed by atoms with Gasteiger partial charge < -0.3 is 11.1 Å². The number of rotatable bonds is 2. The molecular weight excluding hydrogens is 248 g/mol. The lowest BCUT2D eigenvalue weighted by Gasteiger charge is -2.23. The maximum Gasteiger partial charge on any atom is 0.0743 e. The smallest absolute Gasteiger partial charge is 0.0743 e. The summed E-state index contributed by atoms with van der Waals surface area (Å²) >= 11 is 0. The van der Waals surface area contributed by atoms with Crippen molar-refractivity contribution in [3.05, 3.63) is 30.5 Å². The number of para-hydroxylation sites is 1. The van der Waals surface area contributed by atoms with Crippen LogP contribution in [0, 0.1) is 0 Å². The van der Waals surface area contributed by atoms with E-state index in [0.29, 0.717) is 12.1 Å². The van der Waals surface area contributed by atoms with Gasteiger partial charge in [-0.05, 0) is 31.9 Å². The second-order valence-corrected chi connectivity index (χ2v) is 5.89. The third-order valence-electron chi connectivity index (χ3n) is 4.74. The maximum atomic E-state index is 6.16. The van der Waals surface area contributed by atoms with Crippen LogP contribution in [0.5, 0.6) is 0 Å². The van der Waals surface area contributed by atoms with Crippen LogP contribution in [0.2, 0.25) is 0 Å². The summed E-state index contributed by atoms with van der Waals surface area (Å²) in [5.41, 5.74) is 8.98. The molecule has 1 aromatic heterocycles. The molecule has 2 aromatic rings. The Morgan fingerprint density at radius 2 is 2.10 bits per heavy atom. The van der Waals surface area contributed by atoms with Crippen molar-refractivity contribution in [3.63, 3.8) is 0 Å². The van der Waals surface area contributed by atoms with Gasteiger partial charge >= 0.3 is 0 Å². The first-order chi connectivity index (χ1) is 9.83. The summed E-state index contributed by atoms with van der Waals surface area (Å²) in [5, 5.41) is 4.85. The van der Waals surface area contributed by atoms with Crippen LogP contribution in [-0.2, 0) is 0 Å². The molecule has 0 aliphatic carbocycles. The summed E-state index contributed by atoms with van der Waals surface area (Å²) in [6, 6.07) is 9.40. The lowest BCUT2D eigenvalue weighted by Crippen LogP contribution is -2.34. The molecule has 0 bridgehead atoms. The van der Waals surface area contributed by atoms with Gasteiger partial charge in [0.05, 0.1) is 23.1 Å². The maximum absolute atomic E-state index is 6.16. The molecular formula is C16H20N4. The molecule has 104 valence electrons. The second-order valence-electron chi connectivity index (χ2n) is 5.89. The number of hydrogen-bond acceptors (Lipinski definition) is 4. The van der Waals surface area contributed by atoms with Crippen molar-refractivity contribution in [3.8, 4) is 0 Å². The first kappa shape index (κ1) is 12.0. The van der Waals surface area contributed by atoms with Crippen LogP contribution in [0.3, 0.4) is 0 Å². The van der Waals surface area contributed by atoms with Crippen molar-refractivity contribution in [2.75, 3.05) is 24.1 Å². The van der Waals surface area contributed by atoms with E-state index in [1.54, 1.807) is 6.20 Å². The number of anilines is 2. The van der Waals surface area contributed by atoms with Gasteiger partial charge in [-0.2, -0.15) is 0 Å². The predicted octanol–water partition coefficient (Wildman–Crippen LogP) is 2.47. The highest BCUT2D eigenvalue weighted by atomic mass is 15.2. The number of pyridine rings is 1. The minimum absolute atomic E-state index is 0.519. The average molecular weight is 268 g/mol. The zero-order chi connectivity index (χ0) is 13.5. The van der Waals surface area contributed by atoms with Crippen molar-refractivity contribution in [2.45, 2.75) is 31.3 Å². The largest absolute Gasteiger partial charge is 0.396 e. The average Bonchev–Trinajstić information content (AvgIpc) is 3.06. The van der Waals surface area contributed by atoms with Gasteiger partial charge in [-0.3, -0.25) is 9.88 Å². The van der Waals surface area contributed by atoms with Crippen LogP contribution < -0.4 is 11.1 Å². The third-order valence-corrected chi connectivity index (χ3v) is 4.74. The molecule has 3 N–H and O–H groups in total. The Hall–Kier alpha value is -1.81. The molecule has 2 unspecified atom stereocenters. The van der Waals surface area contributed by atoms with E-state index in [-0.39, 0.29) is 0 Å². The van der Waals surface area contributed by atoms with Gasteiger partial charge in [-0.15, -0.1) is 0 Å². The number of nitrogens with one attached hydrogen (secondary N) is 1. The summed E-state index contributed by atoms with van der Waals surface area (Å²) in [4.78, 5) is 7.02. The zero-order valence-electron chi connectivity index (χ0n) is 11.5. The minimum Gasteiger partial charge on any atom is -0.396 e. The minimum atomic E-state index is 0.519. The van der Waals surface area contributed by atoms with Gasteiger partial charge in [0.25, 0.3) is 0 Å². The number of nitrogens with two attached hydrogens (primary N) is 1. The van der Waals surface area contributed by atoms with Crippen LogP contribution in [0.1, 0.15) is 19.3 Å². The van der Waals surface area contributed by atoms with Crippen LogP contribution in [-0.4, -0.2) is 35.1 Å². The summed E-state index contributed by atoms with van der Waals surface area (Å²) in [6.45, 7) is 2.47. The normalized spacial score (nSPS) is 26.0. The van der Waals surface area contributed by atoms with Crippen molar-refractivity contribution >= 4 is 22.3 Å². The fourth-order valence-corrected chi connectivity index (χ4v) is 3.75. The Balaban J connectivity index is 1.70. The van der Waals surface area contributed by atoms with E-state index in [0.717, 1.165) is 22.3 Å². The van der Waals surface area contributed by atoms with Gasteiger partial charge in [-0.25, -0.2) is 0 Å². The fourth-order valence-electron chi connectivity index (χ4n) is 3.75. The predicted molar refractivity (Wildman–Crippen MR) is 82.8 cm³/mol. The summed E-state index contributed by atoms with van der Waals surface area (Å²) in [5.74, 6) is 0. The van der Waals surface area contributed by atoms with E-state index < -0.39 is 0 Å². The number of aromatic nitrogens is 1. The van der Waals surface area contributed by atoms with Crippen LogP contribution in [0.4, 0.5) is 11.4 Å². The zero-order valence-corrected chi connectivity index (χ0v) is 11.5. The third kappa shape index (κ3) is 1.83. The van der Waals surface area contributed by atoms with Gasteiger partial charge in [-0.1, -0.05) is 18.2 Å². The molecule has 4 heteroatoms. The highest BCUT2D eigenvalue weighted by molar-refractivity contribution is 5.97. The van der Waals surface area contributed by atoms with Crippen molar-refractivity contribution in [1.82, 2.24) is 9.88 Å². The molecule has 4 nitrogen and oxygen atoms in total. The quantitative estimate of drug-likeness (QED) is 0.878. The van der Waals surface area contributed by atoms with Gasteiger partial charge in [0.1, 0.15) is 0 Å². The van der Waals surface area contributed by atoms with Gasteiger partial charge in [0.2, 0.25) is 0 Å². The van der Waals surface area contributed by atoms with Crippen LogP contribution in [0.15, 0.2) is 30.5 Å². The van der Waals surface area contributed by atoms with E-state index in [2.05, 4.69) is 21.3 Å². The van der Waals surface area contributed by atoms with E-state index in [9.17, 15) is 0 Å². The van der Waals surface area contributed by atoms with Crippen molar-refractivity contribution < 1.29 is 0 Å². The van der Waals surface area contributed by atoms with E-state index in [1.807, 2.05) is 18.2 Å². The number of nitrogens with zero attached hydrogens (tertiary/aromatic N) is 2. The highest BCUT2D eigenvalue weighted by Gasteiger charge is 2.37. The topological polar surface area (TPSA) is 54.2 Å². The fraction of sp³-hybridized carbons (Fsp3) is 0.438. The number of benzene rings is 1. The summed E-state index contributed by atoms with van der Waals surface area (Å²) in [6.07, 6.45) is 5.61. The second kappa shape index (κ2) is 4.63. The molecule has 2 aliphatic rings. The molecule has 4 rings (SSSR count). The Morgan fingerprint density at radius 3 is 3.05 bits per heavy atom. The van der Waals surface area contributed by atoms with E-state index >= 15 is 0 Å². The molecule has 2 atom stereocenters. The lowest BCUT2D eigenvalue weighted by atomic mass is 10.1. The molecule has 0 amide bonds. The summed E-state index contributed by atoms with van der Waals surface area (Å²) < 4.78 is 0. The van der Waals surface area contributed by atoms with Crippen molar-refractivity contribution in [1.29, 1.82) is 0 Å². The Kier molecular flexibility index (Phi) is 2.77. The molecule has 20 heavy (non-hydrogen) atoms. The Morgan fingerprint density at radius 1 is 1.20 bits per heavy atom. The molecule has 1 aromatic carbocycles. The standard InChI is InChI=1S/C16H20N4/c17-12-10-18-13-5-2-1-4-11(13)16(12)19-14-7-9-20-8-3-6-15(14)20/h1-2,4-5,10,14-15H,3,6-9,17H2,(H,18,19). The molecule has 0 saturated carbocycles. The highest BCUT2D eigenvalue weighted by Crippen LogP contribution is 2.34. The first-order valence-corrected chi connectivity index (χ1v) is 7.47. The van der Waals surface area contributed by atoms with Crippen LogP contribution >= 0.6 is 0 Å². The lowest BCUT2D eigenvalue weighted by molar-refractivity contribution is 0.318. The first-order valence-electron chi connectivity index (χ1n) is 7.47.